The van der Waals surface area contributed by atoms with Crippen LogP contribution in [0, 0.1) is 5.92 Å². The van der Waals surface area contributed by atoms with Crippen LogP contribution >= 0.6 is 0 Å². The molecule has 0 spiro atoms. The van der Waals surface area contributed by atoms with Crippen molar-refractivity contribution in [2.24, 2.45) is 5.92 Å². The highest BCUT2D eigenvalue weighted by atomic mass is 32.2. The average Bonchev–Trinajstić information content (AvgIpc) is 2.46. The second-order valence-electron chi connectivity index (χ2n) is 5.46. The Balaban J connectivity index is 2.78. The third-order valence-electron chi connectivity index (χ3n) is 3.95. The van der Waals surface area contributed by atoms with Gasteiger partial charge in [0.05, 0.1) is 4.90 Å². The predicted molar refractivity (Wildman–Crippen MR) is 85.7 cm³/mol. The monoisotopic (exact) mass is 313 g/mol. The van der Waals surface area contributed by atoms with E-state index >= 15 is 0 Å². The molecule has 0 bridgehead atoms. The van der Waals surface area contributed by atoms with E-state index in [0.717, 1.165) is 24.8 Å². The van der Waals surface area contributed by atoms with Crippen LogP contribution in [0.25, 0.3) is 0 Å². The standard InChI is InChI=1S/C16H27NO3S/c1-4-15(5-2)13(3)17-21(19,20)16-10-8-14(9-11-16)7-6-12-18/h8-11,13,15,17-18H,4-7,12H2,1-3H3. The van der Waals surface area contributed by atoms with Gasteiger partial charge < -0.3 is 5.11 Å². The van der Waals surface area contributed by atoms with Crippen molar-refractivity contribution >= 4 is 10.0 Å². The predicted octanol–water partition coefficient (Wildman–Crippen LogP) is 2.71. The van der Waals surface area contributed by atoms with E-state index < -0.39 is 10.0 Å². The molecule has 0 saturated heterocycles. The lowest BCUT2D eigenvalue weighted by Crippen LogP contribution is -2.37. The zero-order chi connectivity index (χ0) is 15.9. The van der Waals surface area contributed by atoms with Gasteiger partial charge in [0, 0.05) is 12.6 Å². The van der Waals surface area contributed by atoms with Crippen molar-refractivity contribution in [3.05, 3.63) is 29.8 Å². The van der Waals surface area contributed by atoms with Crippen LogP contribution in [-0.4, -0.2) is 26.2 Å². The van der Waals surface area contributed by atoms with Crippen molar-refractivity contribution in [3.63, 3.8) is 0 Å². The summed E-state index contributed by atoms with van der Waals surface area (Å²) >= 11 is 0. The van der Waals surface area contributed by atoms with Gasteiger partial charge in [-0.2, -0.15) is 0 Å². The fraction of sp³-hybridized carbons (Fsp3) is 0.625. The fourth-order valence-electron chi connectivity index (χ4n) is 2.52. The number of rotatable bonds is 9. The van der Waals surface area contributed by atoms with E-state index in [2.05, 4.69) is 18.6 Å². The topological polar surface area (TPSA) is 66.4 Å². The molecule has 0 radical (unpaired) electrons. The van der Waals surface area contributed by atoms with Crippen molar-refractivity contribution < 1.29 is 13.5 Å². The quantitative estimate of drug-likeness (QED) is 0.736. The van der Waals surface area contributed by atoms with Gasteiger partial charge in [0.1, 0.15) is 0 Å². The van der Waals surface area contributed by atoms with Gasteiger partial charge in [-0.05, 0) is 43.4 Å². The largest absolute Gasteiger partial charge is 0.396 e. The molecule has 120 valence electrons. The maximum absolute atomic E-state index is 12.4. The van der Waals surface area contributed by atoms with Crippen molar-refractivity contribution in [2.45, 2.75) is 57.4 Å². The molecule has 1 aromatic carbocycles. The molecule has 1 atom stereocenters. The first-order chi connectivity index (χ1) is 9.94. The molecule has 4 nitrogen and oxygen atoms in total. The molecule has 0 aliphatic rings. The Kier molecular flexibility index (Phi) is 7.35. The SMILES string of the molecule is CCC(CC)C(C)NS(=O)(=O)c1ccc(CCCO)cc1. The molecule has 0 fully saturated rings. The van der Waals surface area contributed by atoms with E-state index in [9.17, 15) is 8.42 Å². The molecular weight excluding hydrogens is 286 g/mol. The Morgan fingerprint density at radius 2 is 1.71 bits per heavy atom. The number of benzene rings is 1. The molecule has 0 saturated carbocycles. The summed E-state index contributed by atoms with van der Waals surface area (Å²) in [5, 5.41) is 8.80. The van der Waals surface area contributed by atoms with Crippen molar-refractivity contribution in [2.75, 3.05) is 6.61 Å². The van der Waals surface area contributed by atoms with Crippen LogP contribution in [-0.2, 0) is 16.4 Å². The van der Waals surface area contributed by atoms with Gasteiger partial charge in [-0.1, -0.05) is 38.8 Å². The Morgan fingerprint density at radius 3 is 2.19 bits per heavy atom. The highest BCUT2D eigenvalue weighted by molar-refractivity contribution is 7.89. The van der Waals surface area contributed by atoms with Crippen molar-refractivity contribution in [1.29, 1.82) is 0 Å². The maximum Gasteiger partial charge on any atom is 0.240 e. The number of aryl methyl sites for hydroxylation is 1. The smallest absolute Gasteiger partial charge is 0.240 e. The second kappa shape index (κ2) is 8.51. The summed E-state index contributed by atoms with van der Waals surface area (Å²) in [7, 11) is -3.46. The van der Waals surface area contributed by atoms with E-state index in [1.54, 1.807) is 12.1 Å². The van der Waals surface area contributed by atoms with E-state index in [4.69, 9.17) is 5.11 Å². The van der Waals surface area contributed by atoms with Gasteiger partial charge in [0.15, 0.2) is 0 Å². The lowest BCUT2D eigenvalue weighted by atomic mass is 9.96. The minimum Gasteiger partial charge on any atom is -0.396 e. The molecule has 21 heavy (non-hydrogen) atoms. The Bertz CT molecular complexity index is 507. The van der Waals surface area contributed by atoms with Gasteiger partial charge in [-0.15, -0.1) is 0 Å². The summed E-state index contributed by atoms with van der Waals surface area (Å²) in [4.78, 5) is 0.299. The minimum atomic E-state index is -3.46. The van der Waals surface area contributed by atoms with E-state index in [-0.39, 0.29) is 12.6 Å². The first kappa shape index (κ1) is 18.1. The number of hydrogen-bond donors (Lipinski definition) is 2. The Hall–Kier alpha value is -0.910. The lowest BCUT2D eigenvalue weighted by Gasteiger charge is -2.22. The summed E-state index contributed by atoms with van der Waals surface area (Å²) in [5.41, 5.74) is 1.04. The summed E-state index contributed by atoms with van der Waals surface area (Å²) in [6, 6.07) is 6.82. The van der Waals surface area contributed by atoms with Crippen molar-refractivity contribution in [1.82, 2.24) is 4.72 Å². The van der Waals surface area contributed by atoms with Crippen LogP contribution in [0.5, 0.6) is 0 Å². The molecule has 1 aromatic rings. The summed E-state index contributed by atoms with van der Waals surface area (Å²) in [6.07, 6.45) is 3.37. The van der Waals surface area contributed by atoms with E-state index in [0.29, 0.717) is 17.2 Å². The van der Waals surface area contributed by atoms with Gasteiger partial charge >= 0.3 is 0 Å². The summed E-state index contributed by atoms with van der Waals surface area (Å²) in [5.74, 6) is 0.351. The van der Waals surface area contributed by atoms with Crippen LogP contribution in [0.3, 0.4) is 0 Å². The highest BCUT2D eigenvalue weighted by Crippen LogP contribution is 2.17. The molecule has 1 unspecified atom stereocenters. The molecule has 0 aliphatic carbocycles. The molecule has 0 aromatic heterocycles. The Morgan fingerprint density at radius 1 is 1.14 bits per heavy atom. The zero-order valence-electron chi connectivity index (χ0n) is 13.2. The number of aliphatic hydroxyl groups is 1. The van der Waals surface area contributed by atoms with Crippen LogP contribution < -0.4 is 4.72 Å². The summed E-state index contributed by atoms with van der Waals surface area (Å²) < 4.78 is 27.5. The summed E-state index contributed by atoms with van der Waals surface area (Å²) in [6.45, 7) is 6.23. The number of hydrogen-bond acceptors (Lipinski definition) is 3. The number of sulfonamides is 1. The first-order valence-electron chi connectivity index (χ1n) is 7.66. The fourth-order valence-corrected chi connectivity index (χ4v) is 3.84. The molecule has 0 heterocycles. The third kappa shape index (κ3) is 5.41. The van der Waals surface area contributed by atoms with E-state index in [1.165, 1.54) is 0 Å². The average molecular weight is 313 g/mol. The minimum absolute atomic E-state index is 0.0703. The van der Waals surface area contributed by atoms with Gasteiger partial charge in [-0.25, -0.2) is 13.1 Å². The molecule has 0 aliphatic heterocycles. The molecule has 2 N–H and O–H groups in total. The van der Waals surface area contributed by atoms with Crippen LogP contribution in [0.1, 0.15) is 45.6 Å². The zero-order valence-corrected chi connectivity index (χ0v) is 14.0. The number of aliphatic hydroxyl groups excluding tert-OH is 1. The van der Waals surface area contributed by atoms with E-state index in [1.807, 2.05) is 19.1 Å². The van der Waals surface area contributed by atoms with Crippen LogP contribution in [0.2, 0.25) is 0 Å². The molecule has 1 rings (SSSR count). The molecular formula is C16H27NO3S. The normalized spacial score (nSPS) is 13.6. The van der Waals surface area contributed by atoms with Crippen molar-refractivity contribution in [3.8, 4) is 0 Å². The maximum atomic E-state index is 12.4. The van der Waals surface area contributed by atoms with Gasteiger partial charge in [0.2, 0.25) is 10.0 Å². The van der Waals surface area contributed by atoms with Gasteiger partial charge in [-0.3, -0.25) is 0 Å². The second-order valence-corrected chi connectivity index (χ2v) is 7.17. The first-order valence-corrected chi connectivity index (χ1v) is 9.15. The van der Waals surface area contributed by atoms with Crippen LogP contribution in [0.4, 0.5) is 0 Å². The highest BCUT2D eigenvalue weighted by Gasteiger charge is 2.21. The Labute approximate surface area is 128 Å². The number of nitrogens with one attached hydrogen (secondary N) is 1. The molecule has 5 heteroatoms. The molecule has 0 amide bonds. The van der Waals surface area contributed by atoms with Crippen LogP contribution in [0.15, 0.2) is 29.2 Å². The lowest BCUT2D eigenvalue weighted by molar-refractivity contribution is 0.288. The van der Waals surface area contributed by atoms with Gasteiger partial charge in [0.25, 0.3) is 0 Å². The third-order valence-corrected chi connectivity index (χ3v) is 5.53.